The Labute approximate surface area is 131 Å². The molecule has 1 aliphatic rings. The van der Waals surface area contributed by atoms with E-state index in [9.17, 15) is 9.59 Å². The van der Waals surface area contributed by atoms with Crippen LogP contribution in [0.5, 0.6) is 0 Å². The number of carbonyl (C=O) groups excluding carboxylic acids is 1. The van der Waals surface area contributed by atoms with Crippen molar-refractivity contribution in [3.8, 4) is 10.6 Å². The Balaban J connectivity index is 1.63. The van der Waals surface area contributed by atoms with Crippen molar-refractivity contribution in [2.45, 2.75) is 12.8 Å². The Kier molecular flexibility index (Phi) is 4.15. The predicted octanol–water partition coefficient (Wildman–Crippen LogP) is 1.68. The lowest BCUT2D eigenvalue weighted by Crippen LogP contribution is -2.31. The number of hydrogen-bond donors (Lipinski definition) is 1. The number of amides is 1. The van der Waals surface area contributed by atoms with Crippen LogP contribution in [-0.2, 0) is 16.0 Å². The molecule has 0 spiro atoms. The maximum Gasteiger partial charge on any atom is 0.308 e. The third-order valence-corrected chi connectivity index (χ3v) is 4.62. The fourth-order valence-electron chi connectivity index (χ4n) is 2.47. The van der Waals surface area contributed by atoms with Gasteiger partial charge < -0.3 is 10.0 Å². The highest BCUT2D eigenvalue weighted by Crippen LogP contribution is 2.24. The third kappa shape index (κ3) is 3.14. The Bertz CT molecular complexity index is 686. The lowest BCUT2D eigenvalue weighted by molar-refractivity contribution is -0.141. The van der Waals surface area contributed by atoms with E-state index in [1.807, 2.05) is 17.5 Å². The number of carboxylic acid groups (broad SMARTS) is 1. The van der Waals surface area contributed by atoms with E-state index >= 15 is 0 Å². The second-order valence-corrected chi connectivity index (χ2v) is 6.08. The zero-order valence-electron chi connectivity index (χ0n) is 11.8. The van der Waals surface area contributed by atoms with E-state index in [4.69, 9.17) is 5.11 Å². The van der Waals surface area contributed by atoms with Gasteiger partial charge in [-0.25, -0.2) is 4.98 Å². The van der Waals surface area contributed by atoms with Crippen molar-refractivity contribution in [1.82, 2.24) is 14.9 Å². The van der Waals surface area contributed by atoms with E-state index in [1.54, 1.807) is 17.3 Å². The van der Waals surface area contributed by atoms with Crippen LogP contribution in [0.15, 0.2) is 29.9 Å². The van der Waals surface area contributed by atoms with Gasteiger partial charge in [0.1, 0.15) is 5.01 Å². The molecule has 6 nitrogen and oxygen atoms in total. The smallest absolute Gasteiger partial charge is 0.308 e. The standard InChI is InChI=1S/C15H15N3O3S/c19-13(18-5-3-11(8-18)15(20)21)6-12-9-22-14(17-12)10-2-1-4-16-7-10/h1-2,4,7,9,11H,3,5-6,8H2,(H,20,21)/t11-/m1/s1. The summed E-state index contributed by atoms with van der Waals surface area (Å²) in [5.74, 6) is -1.33. The average molecular weight is 317 g/mol. The van der Waals surface area contributed by atoms with Crippen molar-refractivity contribution in [2.75, 3.05) is 13.1 Å². The summed E-state index contributed by atoms with van der Waals surface area (Å²) < 4.78 is 0. The van der Waals surface area contributed by atoms with Gasteiger partial charge >= 0.3 is 5.97 Å². The van der Waals surface area contributed by atoms with E-state index in [1.165, 1.54) is 11.3 Å². The van der Waals surface area contributed by atoms with Gasteiger partial charge in [0.25, 0.3) is 0 Å². The van der Waals surface area contributed by atoms with Crippen LogP contribution in [-0.4, -0.2) is 44.9 Å². The van der Waals surface area contributed by atoms with Gasteiger partial charge in [0.2, 0.25) is 5.91 Å². The van der Waals surface area contributed by atoms with Crippen LogP contribution in [0.1, 0.15) is 12.1 Å². The second-order valence-electron chi connectivity index (χ2n) is 5.23. The number of carbonyl (C=O) groups is 2. The van der Waals surface area contributed by atoms with Crippen molar-refractivity contribution in [2.24, 2.45) is 5.92 Å². The molecule has 3 rings (SSSR count). The van der Waals surface area contributed by atoms with E-state index in [0.717, 1.165) is 10.6 Å². The van der Waals surface area contributed by atoms with Gasteiger partial charge in [-0.05, 0) is 18.6 Å². The van der Waals surface area contributed by atoms with Crippen molar-refractivity contribution in [1.29, 1.82) is 0 Å². The van der Waals surface area contributed by atoms with Crippen LogP contribution in [0, 0.1) is 5.92 Å². The first-order valence-electron chi connectivity index (χ1n) is 6.99. The fourth-order valence-corrected chi connectivity index (χ4v) is 3.28. The topological polar surface area (TPSA) is 83.4 Å². The molecule has 0 unspecified atom stereocenters. The third-order valence-electron chi connectivity index (χ3n) is 3.68. The van der Waals surface area contributed by atoms with Gasteiger partial charge in [-0.15, -0.1) is 11.3 Å². The summed E-state index contributed by atoms with van der Waals surface area (Å²) in [6, 6.07) is 3.77. The minimum atomic E-state index is -0.831. The van der Waals surface area contributed by atoms with Crippen LogP contribution in [0.2, 0.25) is 0 Å². The molecule has 0 aromatic carbocycles. The number of aliphatic carboxylic acids is 1. The molecule has 1 amide bonds. The molecule has 7 heteroatoms. The van der Waals surface area contributed by atoms with Crippen LogP contribution in [0.25, 0.3) is 10.6 Å². The predicted molar refractivity (Wildman–Crippen MR) is 81.4 cm³/mol. The molecule has 0 aliphatic carbocycles. The fraction of sp³-hybridized carbons (Fsp3) is 0.333. The highest BCUT2D eigenvalue weighted by Gasteiger charge is 2.30. The zero-order valence-corrected chi connectivity index (χ0v) is 12.6. The van der Waals surface area contributed by atoms with Gasteiger partial charge in [0.05, 0.1) is 18.0 Å². The molecular weight excluding hydrogens is 302 g/mol. The lowest BCUT2D eigenvalue weighted by Gasteiger charge is -2.14. The molecule has 0 radical (unpaired) electrons. The Morgan fingerprint density at radius 3 is 3.00 bits per heavy atom. The number of hydrogen-bond acceptors (Lipinski definition) is 5. The van der Waals surface area contributed by atoms with Gasteiger partial charge in [0.15, 0.2) is 0 Å². The van der Waals surface area contributed by atoms with E-state index in [2.05, 4.69) is 9.97 Å². The molecule has 1 saturated heterocycles. The summed E-state index contributed by atoms with van der Waals surface area (Å²) in [5, 5.41) is 11.7. The number of aromatic nitrogens is 2. The summed E-state index contributed by atoms with van der Waals surface area (Å²) >= 11 is 1.48. The molecule has 1 aliphatic heterocycles. The molecule has 3 heterocycles. The lowest BCUT2D eigenvalue weighted by atomic mass is 10.1. The minimum absolute atomic E-state index is 0.0632. The summed E-state index contributed by atoms with van der Waals surface area (Å²) in [4.78, 5) is 33.3. The Morgan fingerprint density at radius 2 is 2.32 bits per heavy atom. The van der Waals surface area contributed by atoms with Gasteiger partial charge in [-0.2, -0.15) is 0 Å². The van der Waals surface area contributed by atoms with Gasteiger partial charge in [-0.3, -0.25) is 14.6 Å². The number of nitrogens with zero attached hydrogens (tertiary/aromatic N) is 3. The van der Waals surface area contributed by atoms with Crippen molar-refractivity contribution in [3.05, 3.63) is 35.6 Å². The number of thiazole rings is 1. The second kappa shape index (κ2) is 6.23. The zero-order chi connectivity index (χ0) is 15.5. The molecule has 1 fully saturated rings. The van der Waals surface area contributed by atoms with Crippen molar-refractivity contribution >= 4 is 23.2 Å². The highest BCUT2D eigenvalue weighted by molar-refractivity contribution is 7.13. The molecular formula is C15H15N3O3S. The monoisotopic (exact) mass is 317 g/mol. The van der Waals surface area contributed by atoms with Crippen LogP contribution in [0.4, 0.5) is 0 Å². The first kappa shape index (κ1) is 14.6. The van der Waals surface area contributed by atoms with Gasteiger partial charge in [-0.1, -0.05) is 0 Å². The minimum Gasteiger partial charge on any atom is -0.481 e. The molecule has 114 valence electrons. The SMILES string of the molecule is O=C(O)[C@@H]1CCN(C(=O)Cc2csc(-c3cccnc3)n2)C1. The Morgan fingerprint density at radius 1 is 1.45 bits per heavy atom. The molecule has 0 saturated carbocycles. The number of rotatable bonds is 4. The number of carboxylic acids is 1. The summed E-state index contributed by atoms with van der Waals surface area (Å²) in [6.45, 7) is 0.809. The molecule has 2 aromatic rings. The normalized spacial score (nSPS) is 17.6. The molecule has 2 aromatic heterocycles. The maximum absolute atomic E-state index is 12.2. The van der Waals surface area contributed by atoms with Crippen LogP contribution < -0.4 is 0 Å². The van der Waals surface area contributed by atoms with E-state index in [-0.39, 0.29) is 12.3 Å². The first-order valence-corrected chi connectivity index (χ1v) is 7.87. The molecule has 1 atom stereocenters. The first-order chi connectivity index (χ1) is 10.6. The Hall–Kier alpha value is -2.28. The summed E-state index contributed by atoms with van der Waals surface area (Å²) in [6.07, 6.45) is 4.18. The number of likely N-dealkylation sites (tertiary alicyclic amines) is 1. The van der Waals surface area contributed by atoms with E-state index < -0.39 is 11.9 Å². The van der Waals surface area contributed by atoms with E-state index in [0.29, 0.717) is 25.2 Å². The van der Waals surface area contributed by atoms with Crippen LogP contribution in [0.3, 0.4) is 0 Å². The van der Waals surface area contributed by atoms with Crippen molar-refractivity contribution < 1.29 is 14.7 Å². The molecule has 1 N–H and O–H groups in total. The molecule has 0 bridgehead atoms. The van der Waals surface area contributed by atoms with Gasteiger partial charge in [0, 0.05) is 36.4 Å². The summed E-state index contributed by atoms with van der Waals surface area (Å²) in [7, 11) is 0. The maximum atomic E-state index is 12.2. The highest BCUT2D eigenvalue weighted by atomic mass is 32.1. The quantitative estimate of drug-likeness (QED) is 0.927. The van der Waals surface area contributed by atoms with Crippen LogP contribution >= 0.6 is 11.3 Å². The average Bonchev–Trinajstić information content (AvgIpc) is 3.17. The summed E-state index contributed by atoms with van der Waals surface area (Å²) in [5.41, 5.74) is 1.64. The molecule has 22 heavy (non-hydrogen) atoms. The largest absolute Gasteiger partial charge is 0.481 e. The van der Waals surface area contributed by atoms with Crippen molar-refractivity contribution in [3.63, 3.8) is 0 Å². The number of pyridine rings is 1.